The van der Waals surface area contributed by atoms with E-state index < -0.39 is 0 Å². The summed E-state index contributed by atoms with van der Waals surface area (Å²) in [5.74, 6) is 1.06. The van der Waals surface area contributed by atoms with Gasteiger partial charge in [0.15, 0.2) is 5.78 Å². The highest BCUT2D eigenvalue weighted by Crippen LogP contribution is 2.36. The Morgan fingerprint density at radius 1 is 1.23 bits per heavy atom. The zero-order chi connectivity index (χ0) is 15.5. The van der Waals surface area contributed by atoms with Crippen molar-refractivity contribution in [1.29, 1.82) is 0 Å². The minimum atomic E-state index is -0.141. The molecule has 5 heteroatoms. The molecule has 0 spiro atoms. The Bertz CT molecular complexity index is 728. The smallest absolute Gasteiger partial charge is 0.175 e. The van der Waals surface area contributed by atoms with Gasteiger partial charge in [0.2, 0.25) is 0 Å². The summed E-state index contributed by atoms with van der Waals surface area (Å²) in [6.07, 6.45) is 0. The van der Waals surface area contributed by atoms with Crippen molar-refractivity contribution in [2.45, 2.75) is 17.9 Å². The third kappa shape index (κ3) is 3.65. The van der Waals surface area contributed by atoms with Gasteiger partial charge in [0.05, 0.1) is 10.9 Å². The molecule has 1 aliphatic heterocycles. The van der Waals surface area contributed by atoms with Crippen molar-refractivity contribution in [1.82, 2.24) is 0 Å². The number of nitrogens with zero attached hydrogens (tertiary/aromatic N) is 1. The first-order valence-electron chi connectivity index (χ1n) is 6.89. The lowest BCUT2D eigenvalue weighted by molar-refractivity contribution is 0.0994. The summed E-state index contributed by atoms with van der Waals surface area (Å²) >= 11 is 6.63. The van der Waals surface area contributed by atoms with Gasteiger partial charge in [-0.25, -0.2) is 4.99 Å². The van der Waals surface area contributed by atoms with E-state index in [4.69, 9.17) is 0 Å². The van der Waals surface area contributed by atoms with E-state index in [-0.39, 0.29) is 11.0 Å². The van der Waals surface area contributed by atoms with E-state index >= 15 is 0 Å². The Balaban J connectivity index is 1.72. The molecule has 0 amide bonds. The third-order valence-corrected chi connectivity index (χ3v) is 6.16. The fourth-order valence-corrected chi connectivity index (χ4v) is 4.65. The quantitative estimate of drug-likeness (QED) is 0.629. The second-order valence-corrected chi connectivity index (χ2v) is 8.39. The normalized spacial score (nSPS) is 14.9. The van der Waals surface area contributed by atoms with E-state index in [1.54, 1.807) is 23.5 Å². The summed E-state index contributed by atoms with van der Waals surface area (Å²) in [6.45, 7) is 1.94. The number of rotatable bonds is 3. The average molecular weight is 392 g/mol. The maximum Gasteiger partial charge on any atom is 0.175 e. The summed E-state index contributed by atoms with van der Waals surface area (Å²) in [4.78, 5) is 17.1. The standard InChI is InChI=1S/C17H14BrNOS2/c1-11(16(20)12-6-8-14(18)9-7-12)22-17-19-15-5-3-2-4-13(15)10-21-17/h2-9,11H,10H2,1H3/t11-/m0/s1. The Labute approximate surface area is 146 Å². The average Bonchev–Trinajstić information content (AvgIpc) is 2.55. The Kier molecular flexibility index (Phi) is 5.06. The zero-order valence-corrected chi connectivity index (χ0v) is 15.2. The van der Waals surface area contributed by atoms with E-state index in [0.29, 0.717) is 0 Å². The molecule has 0 saturated carbocycles. The van der Waals surface area contributed by atoms with Gasteiger partial charge in [-0.1, -0.05) is 69.8 Å². The summed E-state index contributed by atoms with van der Waals surface area (Å²) in [7, 11) is 0. The first-order valence-corrected chi connectivity index (χ1v) is 9.55. The van der Waals surface area contributed by atoms with Gasteiger partial charge < -0.3 is 0 Å². The van der Waals surface area contributed by atoms with Crippen LogP contribution in [0.2, 0.25) is 0 Å². The largest absolute Gasteiger partial charge is 0.293 e. The minimum Gasteiger partial charge on any atom is -0.293 e. The van der Waals surface area contributed by atoms with E-state index in [9.17, 15) is 4.79 Å². The highest BCUT2D eigenvalue weighted by molar-refractivity contribution is 9.10. The molecular formula is C17H14BrNOS2. The van der Waals surface area contributed by atoms with Crippen LogP contribution in [0, 0.1) is 0 Å². The molecule has 22 heavy (non-hydrogen) atoms. The highest BCUT2D eigenvalue weighted by atomic mass is 79.9. The maximum atomic E-state index is 12.5. The van der Waals surface area contributed by atoms with Crippen LogP contribution in [0.5, 0.6) is 0 Å². The Morgan fingerprint density at radius 2 is 1.95 bits per heavy atom. The number of carbonyl (C=O) groups is 1. The molecule has 0 radical (unpaired) electrons. The number of hydrogen-bond acceptors (Lipinski definition) is 4. The lowest BCUT2D eigenvalue weighted by Gasteiger charge is -2.17. The van der Waals surface area contributed by atoms with Crippen LogP contribution in [-0.2, 0) is 5.75 Å². The van der Waals surface area contributed by atoms with Crippen molar-refractivity contribution in [3.8, 4) is 0 Å². The molecule has 0 fully saturated rings. The summed E-state index contributed by atoms with van der Waals surface area (Å²) < 4.78 is 1.95. The van der Waals surface area contributed by atoms with E-state index in [0.717, 1.165) is 25.9 Å². The SMILES string of the molecule is C[C@H](SC1=Nc2ccccc2CS1)C(=O)c1ccc(Br)cc1. The lowest BCUT2D eigenvalue weighted by Crippen LogP contribution is -2.15. The second-order valence-electron chi connectivity index (χ2n) is 4.93. The molecule has 1 aliphatic rings. The minimum absolute atomic E-state index is 0.139. The van der Waals surface area contributed by atoms with Crippen LogP contribution in [-0.4, -0.2) is 15.4 Å². The molecule has 0 N–H and O–H groups in total. The fourth-order valence-electron chi connectivity index (χ4n) is 2.13. The molecular weight excluding hydrogens is 378 g/mol. The molecule has 2 nitrogen and oxygen atoms in total. The molecule has 112 valence electrons. The molecule has 3 rings (SSSR count). The van der Waals surface area contributed by atoms with Crippen LogP contribution >= 0.6 is 39.5 Å². The van der Waals surface area contributed by atoms with E-state index in [1.807, 2.05) is 49.4 Å². The predicted molar refractivity (Wildman–Crippen MR) is 100 cm³/mol. The van der Waals surface area contributed by atoms with Crippen LogP contribution in [0.4, 0.5) is 5.69 Å². The topological polar surface area (TPSA) is 29.4 Å². The van der Waals surface area contributed by atoms with Crippen molar-refractivity contribution in [2.24, 2.45) is 4.99 Å². The van der Waals surface area contributed by atoms with Crippen molar-refractivity contribution in [3.05, 3.63) is 64.1 Å². The number of carbonyl (C=O) groups excluding carboxylic acids is 1. The molecule has 0 aliphatic carbocycles. The second kappa shape index (κ2) is 7.02. The number of aliphatic imine (C=N–C) groups is 1. The summed E-state index contributed by atoms with van der Waals surface area (Å²) in [5, 5.41) is -0.141. The number of fused-ring (bicyclic) bond motifs is 1. The number of Topliss-reactive ketones (excluding diaryl/α,β-unsaturated/α-hetero) is 1. The summed E-state index contributed by atoms with van der Waals surface area (Å²) in [6, 6.07) is 15.7. The van der Waals surface area contributed by atoms with Crippen LogP contribution in [0.1, 0.15) is 22.8 Å². The maximum absolute atomic E-state index is 12.5. The van der Waals surface area contributed by atoms with E-state index in [2.05, 4.69) is 27.0 Å². The number of thioether (sulfide) groups is 2. The highest BCUT2D eigenvalue weighted by Gasteiger charge is 2.21. The Morgan fingerprint density at radius 3 is 2.73 bits per heavy atom. The number of benzene rings is 2. The van der Waals surface area contributed by atoms with Crippen LogP contribution in [0.15, 0.2) is 58.0 Å². The number of ketones is 1. The van der Waals surface area contributed by atoms with E-state index in [1.165, 1.54) is 5.56 Å². The van der Waals surface area contributed by atoms with Crippen LogP contribution in [0.3, 0.4) is 0 Å². The Hall–Kier alpha value is -1.04. The molecule has 1 atom stereocenters. The van der Waals surface area contributed by atoms with Gasteiger partial charge in [-0.2, -0.15) is 0 Å². The monoisotopic (exact) mass is 391 g/mol. The van der Waals surface area contributed by atoms with Gasteiger partial charge in [0.25, 0.3) is 0 Å². The van der Waals surface area contributed by atoms with Gasteiger partial charge in [0.1, 0.15) is 4.38 Å². The van der Waals surface area contributed by atoms with Gasteiger partial charge in [-0.15, -0.1) is 0 Å². The molecule has 0 saturated heterocycles. The number of hydrogen-bond donors (Lipinski definition) is 0. The van der Waals surface area contributed by atoms with Crippen LogP contribution < -0.4 is 0 Å². The predicted octanol–water partition coefficient (Wildman–Crippen LogP) is 5.69. The first kappa shape index (κ1) is 15.8. The van der Waals surface area contributed by atoms with Gasteiger partial charge in [-0.05, 0) is 30.7 Å². The molecule has 0 aromatic heterocycles. The van der Waals surface area contributed by atoms with Crippen molar-refractivity contribution in [2.75, 3.05) is 0 Å². The van der Waals surface area contributed by atoms with Gasteiger partial charge in [-0.3, -0.25) is 4.79 Å². The summed E-state index contributed by atoms with van der Waals surface area (Å²) in [5.41, 5.74) is 3.01. The van der Waals surface area contributed by atoms with Gasteiger partial charge in [0, 0.05) is 15.8 Å². The van der Waals surface area contributed by atoms with Crippen molar-refractivity contribution >= 4 is 55.3 Å². The molecule has 2 aromatic rings. The zero-order valence-electron chi connectivity index (χ0n) is 12.0. The fraction of sp³-hybridized carbons (Fsp3) is 0.176. The molecule has 0 bridgehead atoms. The number of halogens is 1. The van der Waals surface area contributed by atoms with Crippen molar-refractivity contribution < 1.29 is 4.79 Å². The molecule has 1 heterocycles. The lowest BCUT2D eigenvalue weighted by atomic mass is 10.1. The molecule has 0 unspecified atom stereocenters. The third-order valence-electron chi connectivity index (χ3n) is 3.33. The first-order chi connectivity index (χ1) is 10.6. The molecule has 2 aromatic carbocycles. The number of para-hydroxylation sites is 1. The van der Waals surface area contributed by atoms with Crippen LogP contribution in [0.25, 0.3) is 0 Å². The van der Waals surface area contributed by atoms with Crippen molar-refractivity contribution in [3.63, 3.8) is 0 Å². The van der Waals surface area contributed by atoms with Gasteiger partial charge >= 0.3 is 0 Å².